The minimum atomic E-state index is 0. The Bertz CT molecular complexity index is 56.6. The van der Waals surface area contributed by atoms with E-state index in [2.05, 4.69) is 25.7 Å². The molecule has 0 saturated carbocycles. The van der Waals surface area contributed by atoms with Gasteiger partial charge in [-0.2, -0.15) is 0 Å². The third-order valence-corrected chi connectivity index (χ3v) is 1.47. The lowest BCUT2D eigenvalue weighted by atomic mass is 10.5. The summed E-state index contributed by atoms with van der Waals surface area (Å²) in [5.74, 6) is 0. The highest BCUT2D eigenvalue weighted by atomic mass is 35.5. The molecule has 0 amide bonds. The number of halogens is 2. The first-order valence-electron chi connectivity index (χ1n) is 4.29. The highest BCUT2D eigenvalue weighted by molar-refractivity contribution is 5.85. The van der Waals surface area contributed by atoms with Gasteiger partial charge in [-0.25, -0.2) is 0 Å². The molecule has 0 aromatic carbocycles. The number of hydrogen-bond acceptors (Lipinski definition) is 3. The number of aliphatic hydroxyl groups excluding tert-OH is 1. The summed E-state index contributed by atoms with van der Waals surface area (Å²) in [5.41, 5.74) is 4.78. The summed E-state index contributed by atoms with van der Waals surface area (Å²) in [7, 11) is 0. The molecule has 0 bridgehead atoms. The summed E-state index contributed by atoms with van der Waals surface area (Å²) >= 11 is 0. The Labute approximate surface area is 94.5 Å². The van der Waals surface area contributed by atoms with Gasteiger partial charge in [0.2, 0.25) is 0 Å². The summed E-state index contributed by atoms with van der Waals surface area (Å²) in [4.78, 5) is 2.38. The third-order valence-electron chi connectivity index (χ3n) is 1.47. The number of rotatable bonds is 4. The van der Waals surface area contributed by atoms with Gasteiger partial charge in [0.25, 0.3) is 0 Å². The fourth-order valence-electron chi connectivity index (χ4n) is 0.671. The molecule has 0 atom stereocenters. The molecule has 3 nitrogen and oxygen atoms in total. The lowest BCUT2D eigenvalue weighted by Gasteiger charge is -2.13. The predicted molar refractivity (Wildman–Crippen MR) is 64.1 cm³/mol. The van der Waals surface area contributed by atoms with Crippen LogP contribution in [0.25, 0.3) is 0 Å². The number of nitrogens with zero attached hydrogens (tertiary/aromatic N) is 1. The largest absolute Gasteiger partial charge is 0.395 e. The maximum atomic E-state index is 7.75. The summed E-state index contributed by atoms with van der Waals surface area (Å²) in [6.07, 6.45) is 0. The van der Waals surface area contributed by atoms with Crippen LogP contribution in [0.3, 0.4) is 0 Å². The van der Waals surface area contributed by atoms with Crippen LogP contribution in [0, 0.1) is 0 Å². The second kappa shape index (κ2) is 22.9. The van der Waals surface area contributed by atoms with Crippen LogP contribution < -0.4 is 5.73 Å². The van der Waals surface area contributed by atoms with Crippen LogP contribution in [-0.4, -0.2) is 42.8 Å². The second-order valence-corrected chi connectivity index (χ2v) is 2.13. The zero-order chi connectivity index (χ0) is 9.11. The molecule has 0 fully saturated rings. The van der Waals surface area contributed by atoms with Gasteiger partial charge in [-0.05, 0) is 19.6 Å². The fraction of sp³-hybridized carbons (Fsp3) is 1.00. The zero-order valence-corrected chi connectivity index (χ0v) is 10.5. The lowest BCUT2D eigenvalue weighted by Crippen LogP contribution is -2.21. The van der Waals surface area contributed by atoms with Gasteiger partial charge in [-0.15, -0.1) is 24.8 Å². The number of nitrogens with two attached hydrogens (primary N) is 1. The first kappa shape index (κ1) is 23.4. The van der Waals surface area contributed by atoms with Crippen molar-refractivity contribution in [3.63, 3.8) is 0 Å². The molecule has 0 radical (unpaired) electrons. The van der Waals surface area contributed by atoms with E-state index in [0.717, 1.165) is 0 Å². The van der Waals surface area contributed by atoms with E-state index in [0.29, 0.717) is 6.54 Å². The monoisotopic (exact) mass is 234 g/mol. The van der Waals surface area contributed by atoms with E-state index in [-0.39, 0.29) is 31.4 Å². The third kappa shape index (κ3) is 24.5. The van der Waals surface area contributed by atoms with Crippen molar-refractivity contribution in [1.29, 1.82) is 0 Å². The van der Waals surface area contributed by atoms with Crippen molar-refractivity contribution < 1.29 is 5.11 Å². The first-order chi connectivity index (χ1) is 5.26. The molecule has 0 heterocycles. The molecule has 5 heteroatoms. The van der Waals surface area contributed by atoms with E-state index in [1.165, 1.54) is 19.6 Å². The number of aliphatic hydroxyl groups is 1. The van der Waals surface area contributed by atoms with Gasteiger partial charge in [0, 0.05) is 6.54 Å². The van der Waals surface area contributed by atoms with Crippen LogP contribution in [0.15, 0.2) is 0 Å². The van der Waals surface area contributed by atoms with Gasteiger partial charge in [0.1, 0.15) is 0 Å². The maximum Gasteiger partial charge on any atom is 0.0553 e. The topological polar surface area (TPSA) is 49.5 Å². The van der Waals surface area contributed by atoms with Gasteiger partial charge in [0.05, 0.1) is 6.61 Å². The summed E-state index contributed by atoms with van der Waals surface area (Å²) in [6, 6.07) is 0. The molecule has 0 rings (SSSR count). The van der Waals surface area contributed by atoms with E-state index in [4.69, 9.17) is 10.8 Å². The predicted octanol–water partition coefficient (Wildman–Crippen LogP) is 1.13. The second-order valence-electron chi connectivity index (χ2n) is 2.13. The van der Waals surface area contributed by atoms with Gasteiger partial charge < -0.3 is 15.7 Å². The standard InChI is InChI=1S/C6H15N.C2H7NO.2ClH/c1-4-7(5-2)6-3;3-1-2-4;;/h4-6H2,1-3H3;4H,1-3H2;2*1H. The normalized spacial score (nSPS) is 7.85. The van der Waals surface area contributed by atoms with Crippen LogP contribution in [0.4, 0.5) is 0 Å². The van der Waals surface area contributed by atoms with Crippen LogP contribution in [0.1, 0.15) is 20.8 Å². The molecule has 0 spiro atoms. The highest BCUT2D eigenvalue weighted by Gasteiger charge is 1.89. The van der Waals surface area contributed by atoms with E-state index >= 15 is 0 Å². The van der Waals surface area contributed by atoms with Crippen LogP contribution in [0.2, 0.25) is 0 Å². The zero-order valence-electron chi connectivity index (χ0n) is 8.82. The molecule has 3 N–H and O–H groups in total. The molecule has 0 aliphatic carbocycles. The minimum Gasteiger partial charge on any atom is -0.395 e. The van der Waals surface area contributed by atoms with E-state index < -0.39 is 0 Å². The van der Waals surface area contributed by atoms with Crippen LogP contribution >= 0.6 is 24.8 Å². The van der Waals surface area contributed by atoms with Crippen molar-refractivity contribution in [2.75, 3.05) is 32.8 Å². The molecular weight excluding hydrogens is 211 g/mol. The Morgan fingerprint density at radius 1 is 1.00 bits per heavy atom. The minimum absolute atomic E-state index is 0. The highest BCUT2D eigenvalue weighted by Crippen LogP contribution is 1.81. The quantitative estimate of drug-likeness (QED) is 0.768. The Kier molecular flexibility index (Phi) is 41.1. The van der Waals surface area contributed by atoms with Crippen LogP contribution in [-0.2, 0) is 0 Å². The molecule has 0 aromatic heterocycles. The molecule has 0 aliphatic rings. The summed E-state index contributed by atoms with van der Waals surface area (Å²) in [5, 5.41) is 7.75. The van der Waals surface area contributed by atoms with E-state index in [1.807, 2.05) is 0 Å². The maximum absolute atomic E-state index is 7.75. The van der Waals surface area contributed by atoms with Gasteiger partial charge >= 0.3 is 0 Å². The van der Waals surface area contributed by atoms with Gasteiger partial charge in [-0.3, -0.25) is 0 Å². The molecule has 0 aliphatic heterocycles. The lowest BCUT2D eigenvalue weighted by molar-refractivity contribution is 0.306. The Balaban J connectivity index is -0.0000000600. The smallest absolute Gasteiger partial charge is 0.0553 e. The molecule has 0 unspecified atom stereocenters. The molecule has 86 valence electrons. The van der Waals surface area contributed by atoms with E-state index in [1.54, 1.807) is 0 Å². The Hall–Kier alpha value is 0.460. The Morgan fingerprint density at radius 2 is 1.23 bits per heavy atom. The van der Waals surface area contributed by atoms with Gasteiger partial charge in [-0.1, -0.05) is 20.8 Å². The summed E-state index contributed by atoms with van der Waals surface area (Å²) < 4.78 is 0. The summed E-state index contributed by atoms with van der Waals surface area (Å²) in [6.45, 7) is 10.6. The SMILES string of the molecule is CCN(CC)CC.Cl.Cl.NCCO. The van der Waals surface area contributed by atoms with E-state index in [9.17, 15) is 0 Å². The van der Waals surface area contributed by atoms with Crippen LogP contribution in [0.5, 0.6) is 0 Å². The fourth-order valence-corrected chi connectivity index (χ4v) is 0.671. The van der Waals surface area contributed by atoms with Crippen molar-refractivity contribution in [2.45, 2.75) is 20.8 Å². The van der Waals surface area contributed by atoms with Gasteiger partial charge in [0.15, 0.2) is 0 Å². The van der Waals surface area contributed by atoms with Crippen molar-refractivity contribution in [3.05, 3.63) is 0 Å². The average Bonchev–Trinajstić information content (AvgIpc) is 2.08. The van der Waals surface area contributed by atoms with Crippen molar-refractivity contribution in [1.82, 2.24) is 4.90 Å². The molecular formula is C8H24Cl2N2O. The van der Waals surface area contributed by atoms with Crippen molar-refractivity contribution in [2.24, 2.45) is 5.73 Å². The average molecular weight is 235 g/mol. The van der Waals surface area contributed by atoms with Crippen molar-refractivity contribution in [3.8, 4) is 0 Å². The molecule has 13 heavy (non-hydrogen) atoms. The number of hydrogen-bond donors (Lipinski definition) is 2. The molecule has 0 aromatic rings. The molecule has 0 saturated heterocycles. The van der Waals surface area contributed by atoms with Crippen molar-refractivity contribution >= 4 is 24.8 Å². The Morgan fingerprint density at radius 3 is 1.23 bits per heavy atom. The first-order valence-corrected chi connectivity index (χ1v) is 4.29.